The van der Waals surface area contributed by atoms with Crippen LogP contribution in [0.3, 0.4) is 0 Å². The highest BCUT2D eigenvalue weighted by molar-refractivity contribution is 8.03. The predicted molar refractivity (Wildman–Crippen MR) is 111 cm³/mol. The van der Waals surface area contributed by atoms with E-state index < -0.39 is 18.0 Å². The third kappa shape index (κ3) is 3.63. The number of piperidine rings is 1. The molecule has 6 atom stereocenters. The van der Waals surface area contributed by atoms with Crippen molar-refractivity contribution in [1.82, 2.24) is 20.4 Å². The van der Waals surface area contributed by atoms with E-state index in [9.17, 15) is 24.6 Å². The van der Waals surface area contributed by atoms with Crippen LogP contribution in [0.2, 0.25) is 0 Å². The fourth-order valence-corrected chi connectivity index (χ4v) is 6.55. The monoisotopic (exact) mass is 438 g/mol. The Balaban J connectivity index is 1.40. The molecule has 0 radical (unpaired) electrons. The van der Waals surface area contributed by atoms with Crippen LogP contribution in [0.25, 0.3) is 0 Å². The molecule has 4 heterocycles. The summed E-state index contributed by atoms with van der Waals surface area (Å²) in [6.45, 7) is 7.25. The Kier molecular flexibility index (Phi) is 6.11. The molecule has 0 spiro atoms. The first-order valence-electron chi connectivity index (χ1n) is 10.7. The zero-order chi connectivity index (χ0) is 21.6. The van der Waals surface area contributed by atoms with E-state index in [0.29, 0.717) is 17.9 Å². The van der Waals surface area contributed by atoms with Crippen molar-refractivity contribution < 1.29 is 24.6 Å². The van der Waals surface area contributed by atoms with Gasteiger partial charge in [-0.05, 0) is 19.8 Å². The van der Waals surface area contributed by atoms with Gasteiger partial charge in [0.25, 0.3) is 0 Å². The molecule has 0 aromatic heterocycles. The lowest BCUT2D eigenvalue weighted by atomic mass is 9.79. The van der Waals surface area contributed by atoms with Crippen molar-refractivity contribution in [3.8, 4) is 0 Å². The molecular weight excluding hydrogens is 408 g/mol. The van der Waals surface area contributed by atoms with E-state index in [1.807, 2.05) is 11.8 Å². The smallest absolute Gasteiger partial charge is 0.353 e. The summed E-state index contributed by atoms with van der Waals surface area (Å²) in [5.74, 6) is -1.93. The summed E-state index contributed by atoms with van der Waals surface area (Å²) in [5.41, 5.74) is 0.0680. The third-order valence-electron chi connectivity index (χ3n) is 6.70. The van der Waals surface area contributed by atoms with Gasteiger partial charge in [-0.25, -0.2) is 4.79 Å². The zero-order valence-electron chi connectivity index (χ0n) is 17.3. The number of nitrogens with one attached hydrogen (secondary N) is 2. The Morgan fingerprint density at radius 1 is 1.23 bits per heavy atom. The summed E-state index contributed by atoms with van der Waals surface area (Å²) in [5, 5.41) is 26.5. The molecule has 4 N–H and O–H groups in total. The van der Waals surface area contributed by atoms with Gasteiger partial charge in [0.15, 0.2) is 0 Å². The average Bonchev–Trinajstić information content (AvgIpc) is 2.97. The number of piperazine rings is 1. The fraction of sp³-hybridized carbons (Fsp3) is 0.750. The summed E-state index contributed by atoms with van der Waals surface area (Å²) < 4.78 is 0. The van der Waals surface area contributed by atoms with Gasteiger partial charge < -0.3 is 30.6 Å². The molecule has 9 nitrogen and oxygen atoms in total. The van der Waals surface area contributed by atoms with Crippen LogP contribution < -0.4 is 10.6 Å². The van der Waals surface area contributed by atoms with Crippen LogP contribution >= 0.6 is 11.8 Å². The van der Waals surface area contributed by atoms with E-state index in [1.165, 1.54) is 16.7 Å². The van der Waals surface area contributed by atoms with Crippen LogP contribution in [0.4, 0.5) is 0 Å². The van der Waals surface area contributed by atoms with Gasteiger partial charge in [-0.15, -0.1) is 11.8 Å². The van der Waals surface area contributed by atoms with E-state index in [2.05, 4.69) is 10.6 Å². The molecular formula is C20H30N4O5S. The lowest BCUT2D eigenvalue weighted by molar-refractivity contribution is -0.163. The number of nitrogens with zero attached hydrogens (tertiary/aromatic N) is 2. The normalized spacial score (nSPS) is 35.2. The Hall–Kier alpha value is -1.62. The number of β-lactam (4-membered cyclic amide) rings is 1. The second kappa shape index (κ2) is 8.49. The van der Waals surface area contributed by atoms with Crippen molar-refractivity contribution in [2.75, 3.05) is 32.7 Å². The quantitative estimate of drug-likeness (QED) is 0.421. The molecule has 10 heteroatoms. The lowest BCUT2D eigenvalue weighted by Gasteiger charge is -2.46. The first-order valence-corrected chi connectivity index (χ1v) is 11.6. The molecule has 30 heavy (non-hydrogen) atoms. The van der Waals surface area contributed by atoms with Crippen LogP contribution in [0.1, 0.15) is 26.7 Å². The second-order valence-corrected chi connectivity index (χ2v) is 9.97. The zero-order valence-corrected chi connectivity index (χ0v) is 18.2. The van der Waals surface area contributed by atoms with Crippen molar-refractivity contribution in [2.24, 2.45) is 11.8 Å². The standard InChI is InChI=1S/C20H30N4O5S/c1-10-15-14(11(2)25)19(27)24(15)16(20(28)29)17(10)30-12-3-4-13(22-9-12)18(26)23-7-5-21-6-8-23/h10-15,21-22,25H,3-9H2,1-2H3,(H,28,29)/t10-,11-,12+,13+,14-,15-/m1/s1. The van der Waals surface area contributed by atoms with Gasteiger partial charge in [0.2, 0.25) is 11.8 Å². The molecule has 4 aliphatic rings. The number of aliphatic carboxylic acids is 1. The molecule has 0 aliphatic carbocycles. The van der Waals surface area contributed by atoms with Gasteiger partial charge in [0.1, 0.15) is 5.70 Å². The molecule has 4 rings (SSSR count). The number of aliphatic hydroxyl groups is 1. The number of aliphatic hydroxyl groups excluding tert-OH is 1. The highest BCUT2D eigenvalue weighted by atomic mass is 32.2. The number of rotatable bonds is 5. The molecule has 166 valence electrons. The molecule has 0 unspecified atom stereocenters. The number of carboxylic acids is 1. The number of hydrogen-bond donors (Lipinski definition) is 4. The molecule has 0 aromatic rings. The lowest BCUT2D eigenvalue weighted by Crippen LogP contribution is -2.63. The number of amides is 2. The van der Waals surface area contributed by atoms with Gasteiger partial charge >= 0.3 is 5.97 Å². The Bertz CT molecular complexity index is 758. The van der Waals surface area contributed by atoms with Crippen molar-refractivity contribution in [3.05, 3.63) is 10.6 Å². The first kappa shape index (κ1) is 21.6. The second-order valence-electron chi connectivity index (χ2n) is 8.63. The third-order valence-corrected chi connectivity index (χ3v) is 8.26. The summed E-state index contributed by atoms with van der Waals surface area (Å²) in [6.07, 6.45) is 0.725. The average molecular weight is 439 g/mol. The van der Waals surface area contributed by atoms with E-state index in [0.717, 1.165) is 32.6 Å². The first-order chi connectivity index (χ1) is 14.3. The van der Waals surface area contributed by atoms with Crippen molar-refractivity contribution in [1.29, 1.82) is 0 Å². The highest BCUT2D eigenvalue weighted by Crippen LogP contribution is 2.51. The summed E-state index contributed by atoms with van der Waals surface area (Å²) in [6, 6.07) is -0.473. The van der Waals surface area contributed by atoms with E-state index in [4.69, 9.17) is 0 Å². The number of fused-ring (bicyclic) bond motifs is 1. The van der Waals surface area contributed by atoms with E-state index in [1.54, 1.807) is 6.92 Å². The van der Waals surface area contributed by atoms with Gasteiger partial charge in [0.05, 0.1) is 24.1 Å². The minimum absolute atomic E-state index is 0.0680. The summed E-state index contributed by atoms with van der Waals surface area (Å²) in [4.78, 5) is 41.1. The number of hydrogen-bond acceptors (Lipinski definition) is 7. The largest absolute Gasteiger partial charge is 0.477 e. The fourth-order valence-electron chi connectivity index (χ4n) is 5.11. The number of carbonyl (C=O) groups is 3. The maximum atomic E-state index is 12.7. The van der Waals surface area contributed by atoms with Crippen LogP contribution in [0.5, 0.6) is 0 Å². The molecule has 0 saturated carbocycles. The Morgan fingerprint density at radius 2 is 1.93 bits per heavy atom. The van der Waals surface area contributed by atoms with Gasteiger partial charge in [-0.1, -0.05) is 6.92 Å². The Morgan fingerprint density at radius 3 is 2.50 bits per heavy atom. The van der Waals surface area contributed by atoms with Crippen molar-refractivity contribution >= 4 is 29.5 Å². The minimum atomic E-state index is -1.10. The topological polar surface area (TPSA) is 122 Å². The molecule has 2 amide bonds. The number of carbonyl (C=O) groups excluding carboxylic acids is 2. The van der Waals surface area contributed by atoms with Crippen LogP contribution in [-0.2, 0) is 14.4 Å². The highest BCUT2D eigenvalue weighted by Gasteiger charge is 2.60. The van der Waals surface area contributed by atoms with Gasteiger partial charge in [0, 0.05) is 48.8 Å². The van der Waals surface area contributed by atoms with E-state index in [-0.39, 0.29) is 40.8 Å². The molecule has 4 aliphatic heterocycles. The predicted octanol–water partition coefficient (Wildman–Crippen LogP) is -0.574. The molecule has 3 saturated heterocycles. The van der Waals surface area contributed by atoms with Crippen LogP contribution in [0, 0.1) is 11.8 Å². The summed E-state index contributed by atoms with van der Waals surface area (Å²) >= 11 is 1.51. The molecule has 3 fully saturated rings. The van der Waals surface area contributed by atoms with Gasteiger partial charge in [-0.3, -0.25) is 9.59 Å². The number of carboxylic acid groups (broad SMARTS) is 1. The molecule has 0 aromatic carbocycles. The van der Waals surface area contributed by atoms with E-state index >= 15 is 0 Å². The SMILES string of the molecule is C[C@@H](O)[C@H]1C(=O)N2C(C(=O)O)=C(S[C@H]3CC[C@@H](C(=O)N4CCNCC4)NC3)[C@H](C)[C@H]12. The molecule has 0 bridgehead atoms. The van der Waals surface area contributed by atoms with Gasteiger partial charge in [-0.2, -0.15) is 0 Å². The maximum absolute atomic E-state index is 12.7. The van der Waals surface area contributed by atoms with Crippen molar-refractivity contribution in [3.63, 3.8) is 0 Å². The number of thioether (sulfide) groups is 1. The van der Waals surface area contributed by atoms with Crippen molar-refractivity contribution in [2.45, 2.75) is 50.1 Å². The van der Waals surface area contributed by atoms with Crippen LogP contribution in [-0.4, -0.2) is 94.0 Å². The minimum Gasteiger partial charge on any atom is -0.477 e. The maximum Gasteiger partial charge on any atom is 0.353 e. The van der Waals surface area contributed by atoms with Crippen LogP contribution in [0.15, 0.2) is 10.6 Å². The summed E-state index contributed by atoms with van der Waals surface area (Å²) in [7, 11) is 0. The Labute approximate surface area is 180 Å².